The number of ether oxygens (including phenoxy) is 2. The van der Waals surface area contributed by atoms with Gasteiger partial charge in [-0.3, -0.25) is 4.79 Å². The van der Waals surface area contributed by atoms with Crippen LogP contribution in [0.15, 0.2) is 23.1 Å². The van der Waals surface area contributed by atoms with Crippen molar-refractivity contribution in [2.45, 2.75) is 81.8 Å². The van der Waals surface area contributed by atoms with E-state index in [-0.39, 0.29) is 28.2 Å². The molecule has 1 N–H and O–H groups in total. The van der Waals surface area contributed by atoms with Crippen LogP contribution in [0.1, 0.15) is 75.1 Å². The minimum atomic E-state index is -3.74. The molecule has 8 nitrogen and oxygen atoms in total. The van der Waals surface area contributed by atoms with Gasteiger partial charge in [0.2, 0.25) is 10.0 Å². The number of carbonyl (C=O) groups excluding carboxylic acids is 2. The lowest BCUT2D eigenvalue weighted by atomic mass is 9.95. The molecule has 1 aromatic rings. The Hall–Kier alpha value is -2.13. The Labute approximate surface area is 190 Å². The molecule has 1 aliphatic carbocycles. The standard InChI is InChI=1S/C23H34N2O6S/c1-17(22(26)24-18-10-6-5-7-11-18)31-23(27)20-16-19(12-13-21(20)30-2)32(28,29)25-14-8-3-4-9-15-25/h12-13,16-18H,3-11,14-15H2,1-2H3,(H,24,26). The van der Waals surface area contributed by atoms with Crippen LogP contribution >= 0.6 is 0 Å². The molecule has 0 spiro atoms. The number of amides is 1. The van der Waals surface area contributed by atoms with E-state index < -0.39 is 22.1 Å². The fourth-order valence-electron chi connectivity index (χ4n) is 4.28. The van der Waals surface area contributed by atoms with Gasteiger partial charge in [-0.05, 0) is 50.8 Å². The largest absolute Gasteiger partial charge is 0.496 e. The third-order valence-electron chi connectivity index (χ3n) is 6.20. The van der Waals surface area contributed by atoms with Gasteiger partial charge < -0.3 is 14.8 Å². The van der Waals surface area contributed by atoms with Crippen LogP contribution in [-0.2, 0) is 19.6 Å². The molecule has 1 saturated heterocycles. The van der Waals surface area contributed by atoms with Crippen LogP contribution in [-0.4, -0.2) is 56.9 Å². The van der Waals surface area contributed by atoms with Crippen molar-refractivity contribution in [3.05, 3.63) is 23.8 Å². The number of nitrogens with zero attached hydrogens (tertiary/aromatic N) is 1. The Morgan fingerprint density at radius 3 is 2.28 bits per heavy atom. The van der Waals surface area contributed by atoms with E-state index in [9.17, 15) is 18.0 Å². The lowest BCUT2D eigenvalue weighted by Gasteiger charge is -2.24. The predicted octanol–water partition coefficient (Wildman–Crippen LogP) is 3.25. The summed E-state index contributed by atoms with van der Waals surface area (Å²) < 4.78 is 38.4. The first-order chi connectivity index (χ1) is 15.3. The van der Waals surface area contributed by atoms with Gasteiger partial charge in [0.1, 0.15) is 11.3 Å². The van der Waals surface area contributed by atoms with Gasteiger partial charge in [0.15, 0.2) is 6.10 Å². The zero-order valence-corrected chi connectivity index (χ0v) is 19.8. The van der Waals surface area contributed by atoms with Crippen LogP contribution in [0, 0.1) is 0 Å². The van der Waals surface area contributed by atoms with Crippen molar-refractivity contribution in [1.82, 2.24) is 9.62 Å². The average molecular weight is 467 g/mol. The molecule has 1 aromatic carbocycles. The van der Waals surface area contributed by atoms with Crippen molar-refractivity contribution in [2.75, 3.05) is 20.2 Å². The minimum absolute atomic E-state index is 0.0132. The van der Waals surface area contributed by atoms with Crippen molar-refractivity contribution in [1.29, 1.82) is 0 Å². The van der Waals surface area contributed by atoms with Gasteiger partial charge in [-0.1, -0.05) is 32.1 Å². The highest BCUT2D eigenvalue weighted by atomic mass is 32.2. The smallest absolute Gasteiger partial charge is 0.342 e. The molecule has 0 bridgehead atoms. The fourth-order valence-corrected chi connectivity index (χ4v) is 5.83. The van der Waals surface area contributed by atoms with Crippen molar-refractivity contribution in [3.63, 3.8) is 0 Å². The third kappa shape index (κ3) is 6.01. The van der Waals surface area contributed by atoms with Crippen LogP contribution in [0.4, 0.5) is 0 Å². The van der Waals surface area contributed by atoms with E-state index in [1.165, 1.54) is 43.0 Å². The van der Waals surface area contributed by atoms with E-state index in [2.05, 4.69) is 5.32 Å². The van der Waals surface area contributed by atoms with E-state index in [4.69, 9.17) is 9.47 Å². The topological polar surface area (TPSA) is 102 Å². The van der Waals surface area contributed by atoms with Crippen molar-refractivity contribution in [3.8, 4) is 5.75 Å². The van der Waals surface area contributed by atoms with Crippen molar-refractivity contribution in [2.24, 2.45) is 0 Å². The van der Waals surface area contributed by atoms with Crippen LogP contribution in [0.25, 0.3) is 0 Å². The number of nitrogens with one attached hydrogen (secondary N) is 1. The normalized spacial score (nSPS) is 19.6. The summed E-state index contributed by atoms with van der Waals surface area (Å²) in [6.45, 7) is 2.44. The van der Waals surface area contributed by atoms with E-state index in [1.807, 2.05) is 0 Å². The summed E-state index contributed by atoms with van der Waals surface area (Å²) in [5, 5.41) is 2.94. The Bertz CT molecular complexity index is 903. The molecule has 1 saturated carbocycles. The number of hydrogen-bond acceptors (Lipinski definition) is 6. The molecule has 3 rings (SSSR count). The number of rotatable bonds is 7. The number of methoxy groups -OCH3 is 1. The Morgan fingerprint density at radius 1 is 1.03 bits per heavy atom. The van der Waals surface area contributed by atoms with Crippen molar-refractivity contribution >= 4 is 21.9 Å². The third-order valence-corrected chi connectivity index (χ3v) is 8.09. The lowest BCUT2D eigenvalue weighted by Crippen LogP contribution is -2.42. The molecule has 1 atom stereocenters. The molecule has 0 radical (unpaired) electrons. The van der Waals surface area contributed by atoms with E-state index in [1.54, 1.807) is 0 Å². The number of benzene rings is 1. The van der Waals surface area contributed by atoms with E-state index >= 15 is 0 Å². The zero-order valence-electron chi connectivity index (χ0n) is 19.0. The zero-order chi connectivity index (χ0) is 23.1. The molecule has 1 amide bonds. The SMILES string of the molecule is COc1ccc(S(=O)(=O)N2CCCCCC2)cc1C(=O)OC(C)C(=O)NC1CCCCC1. The summed E-state index contributed by atoms with van der Waals surface area (Å²) in [5.41, 5.74) is -0.0132. The molecule has 32 heavy (non-hydrogen) atoms. The maximum atomic E-state index is 13.1. The second-order valence-corrected chi connectivity index (χ2v) is 10.5. The first-order valence-corrected chi connectivity index (χ1v) is 13.0. The second kappa shape index (κ2) is 11.1. The molecule has 1 aliphatic heterocycles. The van der Waals surface area contributed by atoms with E-state index in [0.29, 0.717) is 13.1 Å². The van der Waals surface area contributed by atoms with Crippen LogP contribution in [0.3, 0.4) is 0 Å². The summed E-state index contributed by atoms with van der Waals surface area (Å²) in [6.07, 6.45) is 7.83. The summed E-state index contributed by atoms with van der Waals surface area (Å²) in [5.74, 6) is -0.941. The summed E-state index contributed by atoms with van der Waals surface area (Å²) in [4.78, 5) is 25.3. The fraction of sp³-hybridized carbons (Fsp3) is 0.652. The summed E-state index contributed by atoms with van der Waals surface area (Å²) in [7, 11) is -2.34. The minimum Gasteiger partial charge on any atom is -0.496 e. The molecule has 2 fully saturated rings. The molecule has 9 heteroatoms. The number of esters is 1. The molecular formula is C23H34N2O6S. The molecule has 2 aliphatic rings. The predicted molar refractivity (Wildman–Crippen MR) is 120 cm³/mol. The highest BCUT2D eigenvalue weighted by Gasteiger charge is 2.29. The van der Waals surface area contributed by atoms with Crippen LogP contribution in [0.5, 0.6) is 5.75 Å². The molecular weight excluding hydrogens is 432 g/mol. The first-order valence-electron chi connectivity index (χ1n) is 11.5. The first kappa shape index (κ1) is 24.5. The van der Waals surface area contributed by atoms with E-state index in [0.717, 1.165) is 51.4 Å². The number of carbonyl (C=O) groups is 2. The Balaban J connectivity index is 1.74. The molecule has 0 aromatic heterocycles. The maximum absolute atomic E-state index is 13.1. The van der Waals surface area contributed by atoms with Gasteiger partial charge in [0, 0.05) is 19.1 Å². The van der Waals surface area contributed by atoms with Crippen LogP contribution in [0.2, 0.25) is 0 Å². The van der Waals surface area contributed by atoms with Gasteiger partial charge in [0.05, 0.1) is 12.0 Å². The second-order valence-electron chi connectivity index (χ2n) is 8.57. The summed E-state index contributed by atoms with van der Waals surface area (Å²) in [6, 6.07) is 4.28. The van der Waals surface area contributed by atoms with Gasteiger partial charge in [0.25, 0.3) is 5.91 Å². The average Bonchev–Trinajstić information content (AvgIpc) is 3.09. The highest BCUT2D eigenvalue weighted by molar-refractivity contribution is 7.89. The number of hydrogen-bond donors (Lipinski definition) is 1. The molecule has 178 valence electrons. The Kier molecular flexibility index (Phi) is 8.53. The van der Waals surface area contributed by atoms with Gasteiger partial charge in [-0.15, -0.1) is 0 Å². The number of sulfonamides is 1. The molecule has 1 heterocycles. The van der Waals surface area contributed by atoms with Gasteiger partial charge in [-0.25, -0.2) is 13.2 Å². The summed E-state index contributed by atoms with van der Waals surface area (Å²) >= 11 is 0. The van der Waals surface area contributed by atoms with Gasteiger partial charge in [-0.2, -0.15) is 4.31 Å². The maximum Gasteiger partial charge on any atom is 0.342 e. The monoisotopic (exact) mass is 466 g/mol. The Morgan fingerprint density at radius 2 is 1.66 bits per heavy atom. The van der Waals surface area contributed by atoms with Crippen molar-refractivity contribution < 1.29 is 27.5 Å². The van der Waals surface area contributed by atoms with Crippen LogP contribution < -0.4 is 10.1 Å². The molecule has 1 unspecified atom stereocenters. The lowest BCUT2D eigenvalue weighted by molar-refractivity contribution is -0.130. The highest BCUT2D eigenvalue weighted by Crippen LogP contribution is 2.27. The van der Waals surface area contributed by atoms with Gasteiger partial charge >= 0.3 is 5.97 Å². The quantitative estimate of drug-likeness (QED) is 0.619.